The van der Waals surface area contributed by atoms with Crippen LogP contribution in [0.2, 0.25) is 0 Å². The number of phosphoric acid groups is 1. The lowest BCUT2D eigenvalue weighted by atomic mass is 9.80. The summed E-state index contributed by atoms with van der Waals surface area (Å²) >= 11 is 0. The standard InChI is InChI=1S/C25H31N4O7P/c1-25(31)21(30)19(34-24(25)29-12-11-17-22(26)27-14-28-23(17)29)13-33-37(32)35-18-10-6-5-9-16(18)20(36-37)15-7-3-2-4-8-15/h2-4,7-8,11-12,14,16,18-21,24,30-31H,5-6,9-10,13H2,1H3,(H2,26,27,28)/t16?,18?,19-,20-,21-,24-,25-,37?/m1/s1. The number of phosphoric ester groups is 1. The van der Waals surface area contributed by atoms with Crippen molar-refractivity contribution >= 4 is 24.7 Å². The van der Waals surface area contributed by atoms with Gasteiger partial charge in [-0.25, -0.2) is 14.5 Å². The van der Waals surface area contributed by atoms with Gasteiger partial charge < -0.3 is 25.3 Å². The largest absolute Gasteiger partial charge is 0.475 e. The van der Waals surface area contributed by atoms with Crippen molar-refractivity contribution < 1.29 is 33.1 Å². The zero-order chi connectivity index (χ0) is 25.8. The molecule has 37 heavy (non-hydrogen) atoms. The maximum Gasteiger partial charge on any atom is 0.475 e. The SMILES string of the molecule is C[C@@]1(O)[C@H](O)[C@@H](COP2(=O)OC3CCCCC3[C@@H](c3ccccc3)O2)O[C@H]1n1ccc2c(N)ncnc21. The van der Waals surface area contributed by atoms with E-state index in [2.05, 4.69) is 9.97 Å². The Morgan fingerprint density at radius 3 is 2.78 bits per heavy atom. The summed E-state index contributed by atoms with van der Waals surface area (Å²) in [5.41, 5.74) is 5.61. The van der Waals surface area contributed by atoms with E-state index in [0.717, 1.165) is 31.2 Å². The summed E-state index contributed by atoms with van der Waals surface area (Å²) in [4.78, 5) is 8.23. The summed E-state index contributed by atoms with van der Waals surface area (Å²) in [7, 11) is -3.99. The van der Waals surface area contributed by atoms with Crippen molar-refractivity contribution in [2.45, 2.75) is 68.9 Å². The van der Waals surface area contributed by atoms with Crippen LogP contribution in [0.5, 0.6) is 0 Å². The van der Waals surface area contributed by atoms with E-state index < -0.39 is 38.0 Å². The molecule has 0 spiro atoms. The minimum absolute atomic E-state index is 0.0803. The van der Waals surface area contributed by atoms with Crippen LogP contribution in [-0.4, -0.2) is 55.3 Å². The van der Waals surface area contributed by atoms with Gasteiger partial charge in [-0.2, -0.15) is 0 Å². The molecular formula is C25H31N4O7P. The van der Waals surface area contributed by atoms with E-state index in [1.807, 2.05) is 30.3 Å². The molecule has 12 heteroatoms. The number of hydrogen-bond donors (Lipinski definition) is 3. The Hall–Kier alpha value is -2.37. The lowest BCUT2D eigenvalue weighted by molar-refractivity contribution is -0.0984. The van der Waals surface area contributed by atoms with Gasteiger partial charge in [0, 0.05) is 12.1 Å². The monoisotopic (exact) mass is 530 g/mol. The fourth-order valence-electron chi connectivity index (χ4n) is 5.74. The fraction of sp³-hybridized carbons (Fsp3) is 0.520. The van der Waals surface area contributed by atoms with Crippen LogP contribution < -0.4 is 5.73 Å². The highest BCUT2D eigenvalue weighted by atomic mass is 31.2. The lowest BCUT2D eigenvalue weighted by Gasteiger charge is -2.43. The van der Waals surface area contributed by atoms with Crippen LogP contribution in [-0.2, 0) is 22.9 Å². The second-order valence-electron chi connectivity index (χ2n) is 10.2. The summed E-state index contributed by atoms with van der Waals surface area (Å²) in [6.07, 6.45) is 2.68. The van der Waals surface area contributed by atoms with Crippen molar-refractivity contribution in [1.82, 2.24) is 14.5 Å². The Kier molecular flexibility index (Phi) is 6.35. The van der Waals surface area contributed by atoms with Gasteiger partial charge in [-0.1, -0.05) is 43.2 Å². The van der Waals surface area contributed by atoms with Crippen LogP contribution in [0, 0.1) is 5.92 Å². The van der Waals surface area contributed by atoms with Crippen molar-refractivity contribution in [2.24, 2.45) is 5.92 Å². The molecule has 11 nitrogen and oxygen atoms in total. The minimum atomic E-state index is -3.99. The van der Waals surface area contributed by atoms with E-state index in [0.29, 0.717) is 16.9 Å². The first-order valence-electron chi connectivity index (χ1n) is 12.6. The van der Waals surface area contributed by atoms with E-state index in [1.54, 1.807) is 16.8 Å². The second-order valence-corrected chi connectivity index (χ2v) is 11.8. The molecule has 2 aromatic heterocycles. The molecular weight excluding hydrogens is 499 g/mol. The lowest BCUT2D eigenvalue weighted by Crippen LogP contribution is -2.44. The van der Waals surface area contributed by atoms with Crippen LogP contribution in [0.25, 0.3) is 11.0 Å². The number of aromatic nitrogens is 3. The molecule has 4 heterocycles. The molecule has 1 aliphatic carbocycles. The molecule has 3 aliphatic rings. The van der Waals surface area contributed by atoms with Crippen LogP contribution in [0.15, 0.2) is 48.9 Å². The smallest absolute Gasteiger partial charge is 0.387 e. The summed E-state index contributed by atoms with van der Waals surface area (Å²) in [5, 5.41) is 22.7. The van der Waals surface area contributed by atoms with Crippen molar-refractivity contribution in [2.75, 3.05) is 12.3 Å². The maximum absolute atomic E-state index is 13.7. The number of fused-ring (bicyclic) bond motifs is 2. The van der Waals surface area contributed by atoms with E-state index in [1.165, 1.54) is 13.3 Å². The zero-order valence-corrected chi connectivity index (χ0v) is 21.3. The highest BCUT2D eigenvalue weighted by Gasteiger charge is 2.55. The molecule has 4 N–H and O–H groups in total. The number of ether oxygens (including phenoxy) is 1. The molecule has 2 saturated heterocycles. The van der Waals surface area contributed by atoms with Gasteiger partial charge in [0.25, 0.3) is 0 Å². The van der Waals surface area contributed by atoms with E-state index in [9.17, 15) is 14.8 Å². The quantitative estimate of drug-likeness (QED) is 0.418. The van der Waals surface area contributed by atoms with Gasteiger partial charge in [0.05, 0.1) is 24.2 Å². The van der Waals surface area contributed by atoms with E-state index >= 15 is 0 Å². The molecule has 0 amide bonds. The van der Waals surface area contributed by atoms with Crippen LogP contribution in [0.3, 0.4) is 0 Å². The molecule has 6 rings (SSSR count). The molecule has 198 valence electrons. The third-order valence-corrected chi connectivity index (χ3v) is 9.20. The van der Waals surface area contributed by atoms with Gasteiger partial charge in [-0.15, -0.1) is 0 Å². The van der Waals surface area contributed by atoms with Gasteiger partial charge in [0.1, 0.15) is 35.6 Å². The number of hydrogen-bond acceptors (Lipinski definition) is 10. The molecule has 1 saturated carbocycles. The van der Waals surface area contributed by atoms with Gasteiger partial charge in [0.2, 0.25) is 0 Å². The molecule has 0 bridgehead atoms. The van der Waals surface area contributed by atoms with Crippen molar-refractivity contribution in [3.63, 3.8) is 0 Å². The summed E-state index contributed by atoms with van der Waals surface area (Å²) in [6.45, 7) is 1.16. The topological polar surface area (TPSA) is 151 Å². The average molecular weight is 531 g/mol. The predicted octanol–water partition coefficient (Wildman–Crippen LogP) is 3.49. The summed E-state index contributed by atoms with van der Waals surface area (Å²) in [6, 6.07) is 11.4. The fourth-order valence-corrected chi connectivity index (χ4v) is 7.40. The number of anilines is 1. The van der Waals surface area contributed by atoms with Crippen LogP contribution in [0.1, 0.15) is 50.5 Å². The Labute approximate surface area is 214 Å². The Morgan fingerprint density at radius 2 is 1.97 bits per heavy atom. The highest BCUT2D eigenvalue weighted by Crippen LogP contribution is 2.63. The van der Waals surface area contributed by atoms with Crippen LogP contribution in [0.4, 0.5) is 5.82 Å². The van der Waals surface area contributed by atoms with E-state index in [-0.39, 0.29) is 18.6 Å². The van der Waals surface area contributed by atoms with Crippen LogP contribution >= 0.6 is 7.82 Å². The minimum Gasteiger partial charge on any atom is -0.387 e. The number of nitrogens with two attached hydrogens (primary N) is 1. The first-order valence-corrected chi connectivity index (χ1v) is 14.0. The molecule has 2 aliphatic heterocycles. The molecule has 0 radical (unpaired) electrons. The number of nitrogens with zero attached hydrogens (tertiary/aromatic N) is 3. The molecule has 3 fully saturated rings. The predicted molar refractivity (Wildman–Crippen MR) is 133 cm³/mol. The maximum atomic E-state index is 13.7. The molecule has 8 atom stereocenters. The first kappa shape index (κ1) is 24.9. The Morgan fingerprint density at radius 1 is 1.19 bits per heavy atom. The van der Waals surface area contributed by atoms with E-state index in [4.69, 9.17) is 24.0 Å². The third-order valence-electron chi connectivity index (χ3n) is 7.72. The van der Waals surface area contributed by atoms with Crippen molar-refractivity contribution in [3.05, 3.63) is 54.5 Å². The molecule has 3 aromatic rings. The summed E-state index contributed by atoms with van der Waals surface area (Å²) < 4.78 is 39.0. The van der Waals surface area contributed by atoms with Gasteiger partial charge in [0.15, 0.2) is 6.23 Å². The number of benzene rings is 1. The van der Waals surface area contributed by atoms with Gasteiger partial charge in [-0.05, 0) is 31.4 Å². The highest BCUT2D eigenvalue weighted by molar-refractivity contribution is 7.48. The third kappa shape index (κ3) is 4.38. The van der Waals surface area contributed by atoms with Gasteiger partial charge >= 0.3 is 7.82 Å². The number of aliphatic hydroxyl groups excluding tert-OH is 1. The number of rotatable bonds is 5. The Bertz CT molecular complexity index is 1320. The van der Waals surface area contributed by atoms with Crippen molar-refractivity contribution in [1.29, 1.82) is 0 Å². The average Bonchev–Trinajstić information content (AvgIpc) is 3.42. The second kappa shape index (κ2) is 9.43. The number of nitrogen functional groups attached to an aromatic ring is 1. The zero-order valence-electron chi connectivity index (χ0n) is 20.4. The first-order chi connectivity index (χ1) is 17.8. The normalized spacial score (nSPS) is 38.0. The van der Waals surface area contributed by atoms with Gasteiger partial charge in [-0.3, -0.25) is 13.6 Å². The molecule has 1 aromatic carbocycles. The Balaban J connectivity index is 1.21. The number of aliphatic hydroxyl groups is 2. The molecule has 3 unspecified atom stereocenters. The van der Waals surface area contributed by atoms with Crippen molar-refractivity contribution in [3.8, 4) is 0 Å². The summed E-state index contributed by atoms with van der Waals surface area (Å²) in [5.74, 6) is 0.372.